The van der Waals surface area contributed by atoms with Crippen LogP contribution in [0.2, 0.25) is 0 Å². The number of amides is 2. The van der Waals surface area contributed by atoms with Crippen molar-refractivity contribution >= 4 is 11.8 Å². The summed E-state index contributed by atoms with van der Waals surface area (Å²) in [5, 5.41) is 2.95. The van der Waals surface area contributed by atoms with Gasteiger partial charge in [0.15, 0.2) is 0 Å². The van der Waals surface area contributed by atoms with E-state index in [-0.39, 0.29) is 30.6 Å². The van der Waals surface area contributed by atoms with Gasteiger partial charge in [0.05, 0.1) is 12.1 Å². The zero-order valence-corrected chi connectivity index (χ0v) is 13.2. The van der Waals surface area contributed by atoms with Crippen LogP contribution in [0, 0.1) is 0 Å². The summed E-state index contributed by atoms with van der Waals surface area (Å²) in [6.07, 6.45) is 5.48. The van der Waals surface area contributed by atoms with Gasteiger partial charge in [-0.2, -0.15) is 0 Å². The van der Waals surface area contributed by atoms with Crippen molar-refractivity contribution in [2.45, 2.75) is 44.2 Å². The number of morpholine rings is 1. The zero-order valence-electron chi connectivity index (χ0n) is 13.2. The van der Waals surface area contributed by atoms with Gasteiger partial charge in [-0.15, -0.1) is 0 Å². The van der Waals surface area contributed by atoms with Crippen molar-refractivity contribution in [3.8, 4) is 0 Å². The molecule has 0 unspecified atom stereocenters. The second-order valence-corrected chi connectivity index (χ2v) is 6.75. The highest BCUT2D eigenvalue weighted by atomic mass is 16.5. The molecular weight excluding hydrogens is 292 g/mol. The summed E-state index contributed by atoms with van der Waals surface area (Å²) in [7, 11) is 0. The maximum atomic E-state index is 12.8. The number of aryl methyl sites for hydroxylation is 2. The van der Waals surface area contributed by atoms with E-state index in [1.165, 1.54) is 24.0 Å². The highest BCUT2D eigenvalue weighted by Gasteiger charge is 2.36. The molecule has 1 aromatic rings. The van der Waals surface area contributed by atoms with Crippen LogP contribution in [0.25, 0.3) is 0 Å². The molecular formula is C18H22N2O3. The zero-order chi connectivity index (χ0) is 15.8. The van der Waals surface area contributed by atoms with E-state index in [9.17, 15) is 9.59 Å². The Kier molecular flexibility index (Phi) is 3.81. The first kappa shape index (κ1) is 14.7. The number of nitrogens with one attached hydrogen (secondary N) is 1. The van der Waals surface area contributed by atoms with Crippen LogP contribution in [0.3, 0.4) is 0 Å². The summed E-state index contributed by atoms with van der Waals surface area (Å²) in [4.78, 5) is 26.1. The van der Waals surface area contributed by atoms with Crippen molar-refractivity contribution in [1.29, 1.82) is 0 Å². The minimum absolute atomic E-state index is 0.0419. The molecule has 2 amide bonds. The van der Waals surface area contributed by atoms with E-state index in [4.69, 9.17) is 4.74 Å². The Morgan fingerprint density at radius 2 is 2.04 bits per heavy atom. The Bertz CT molecular complexity index is 643. The van der Waals surface area contributed by atoms with Gasteiger partial charge in [-0.25, -0.2) is 0 Å². The molecule has 0 radical (unpaired) electrons. The number of rotatable bonds is 1. The number of ether oxygens (including phenoxy) is 1. The summed E-state index contributed by atoms with van der Waals surface area (Å²) in [6.45, 7) is 1.36. The van der Waals surface area contributed by atoms with Gasteiger partial charge in [-0.05, 0) is 55.4 Å². The van der Waals surface area contributed by atoms with Gasteiger partial charge in [0.2, 0.25) is 5.91 Å². The third-order valence-corrected chi connectivity index (χ3v) is 5.21. The van der Waals surface area contributed by atoms with Crippen LogP contribution in [0.1, 0.15) is 40.7 Å². The van der Waals surface area contributed by atoms with E-state index in [1.807, 2.05) is 11.0 Å². The van der Waals surface area contributed by atoms with Gasteiger partial charge >= 0.3 is 0 Å². The smallest absolute Gasteiger partial charge is 0.253 e. The fourth-order valence-electron chi connectivity index (χ4n) is 3.93. The van der Waals surface area contributed by atoms with Crippen molar-refractivity contribution in [1.82, 2.24) is 10.2 Å². The molecule has 1 aromatic carbocycles. The lowest BCUT2D eigenvalue weighted by atomic mass is 9.90. The lowest BCUT2D eigenvalue weighted by molar-refractivity contribution is -0.139. The second-order valence-electron chi connectivity index (χ2n) is 6.75. The molecule has 5 heteroatoms. The third kappa shape index (κ3) is 2.85. The van der Waals surface area contributed by atoms with Crippen molar-refractivity contribution in [2.24, 2.45) is 0 Å². The summed E-state index contributed by atoms with van der Waals surface area (Å²) in [5.41, 5.74) is 3.48. The van der Waals surface area contributed by atoms with Crippen LogP contribution in [0.4, 0.5) is 0 Å². The number of carbonyl (C=O) groups is 2. The quantitative estimate of drug-likeness (QED) is 0.850. The molecule has 3 aliphatic rings. The molecule has 0 spiro atoms. The lowest BCUT2D eigenvalue weighted by Gasteiger charge is -2.41. The predicted molar refractivity (Wildman–Crippen MR) is 85.3 cm³/mol. The molecule has 0 saturated carbocycles. The normalized spacial score (nSPS) is 27.0. The van der Waals surface area contributed by atoms with E-state index >= 15 is 0 Å². The van der Waals surface area contributed by atoms with Gasteiger partial charge < -0.3 is 15.0 Å². The molecule has 23 heavy (non-hydrogen) atoms. The van der Waals surface area contributed by atoms with E-state index in [0.717, 1.165) is 24.8 Å². The van der Waals surface area contributed by atoms with E-state index in [1.54, 1.807) is 0 Å². The number of nitrogens with zero attached hydrogens (tertiary/aromatic N) is 1. The molecule has 0 bridgehead atoms. The van der Waals surface area contributed by atoms with Crippen molar-refractivity contribution in [2.75, 3.05) is 19.7 Å². The van der Waals surface area contributed by atoms with Crippen LogP contribution < -0.4 is 5.32 Å². The Morgan fingerprint density at radius 1 is 1.22 bits per heavy atom. The summed E-state index contributed by atoms with van der Waals surface area (Å²) in [5.74, 6) is -0.0222. The standard InChI is InChI=1S/C18H22N2O3/c21-17-11-23-16-7-8-20(10-15(16)19-17)18(22)14-6-5-12-3-1-2-4-13(12)9-14/h5-6,9,15-16H,1-4,7-8,10-11H2,(H,19,21)/t15-,16+/m0/s1. The Hall–Kier alpha value is -1.88. The lowest BCUT2D eigenvalue weighted by Crippen LogP contribution is -2.61. The molecule has 122 valence electrons. The maximum Gasteiger partial charge on any atom is 0.253 e. The Balaban J connectivity index is 1.49. The Morgan fingerprint density at radius 3 is 2.91 bits per heavy atom. The van der Waals surface area contributed by atoms with E-state index in [0.29, 0.717) is 13.1 Å². The van der Waals surface area contributed by atoms with Gasteiger partial charge in [-0.3, -0.25) is 9.59 Å². The van der Waals surface area contributed by atoms with Gasteiger partial charge in [0, 0.05) is 18.7 Å². The first-order valence-electron chi connectivity index (χ1n) is 8.53. The van der Waals surface area contributed by atoms with Gasteiger partial charge in [0.25, 0.3) is 5.91 Å². The highest BCUT2D eigenvalue weighted by Crippen LogP contribution is 2.24. The van der Waals surface area contributed by atoms with E-state index < -0.39 is 0 Å². The van der Waals surface area contributed by atoms with Crippen LogP contribution in [0.15, 0.2) is 18.2 Å². The van der Waals surface area contributed by atoms with Crippen LogP contribution in [-0.2, 0) is 22.4 Å². The third-order valence-electron chi connectivity index (χ3n) is 5.21. The molecule has 4 rings (SSSR count). The van der Waals surface area contributed by atoms with Gasteiger partial charge in [0.1, 0.15) is 6.61 Å². The molecule has 1 aliphatic carbocycles. The first-order valence-corrected chi connectivity index (χ1v) is 8.53. The molecule has 2 saturated heterocycles. The SMILES string of the molecule is O=C1CO[C@@H]2CCN(C(=O)c3ccc4c(c3)CCCC4)C[C@@H]2N1. The number of hydrogen-bond acceptors (Lipinski definition) is 3. The van der Waals surface area contributed by atoms with E-state index in [2.05, 4.69) is 17.4 Å². The van der Waals surface area contributed by atoms with Crippen LogP contribution >= 0.6 is 0 Å². The molecule has 0 aromatic heterocycles. The average molecular weight is 314 g/mol. The molecule has 2 atom stereocenters. The minimum atomic E-state index is -0.0886. The monoisotopic (exact) mass is 314 g/mol. The number of carbonyl (C=O) groups excluding carboxylic acids is 2. The largest absolute Gasteiger partial charge is 0.366 e. The summed E-state index contributed by atoms with van der Waals surface area (Å²) in [6, 6.07) is 6.06. The molecule has 5 nitrogen and oxygen atoms in total. The second kappa shape index (κ2) is 5.96. The number of hydrogen-bond donors (Lipinski definition) is 1. The molecule has 2 aliphatic heterocycles. The van der Waals surface area contributed by atoms with Crippen molar-refractivity contribution < 1.29 is 14.3 Å². The van der Waals surface area contributed by atoms with Crippen molar-refractivity contribution in [3.63, 3.8) is 0 Å². The number of benzene rings is 1. The summed E-state index contributed by atoms with van der Waals surface area (Å²) >= 11 is 0. The molecule has 1 N–H and O–H groups in total. The fourth-order valence-corrected chi connectivity index (χ4v) is 3.93. The first-order chi connectivity index (χ1) is 11.2. The highest BCUT2D eigenvalue weighted by molar-refractivity contribution is 5.94. The number of piperidine rings is 1. The minimum Gasteiger partial charge on any atom is -0.366 e. The van der Waals surface area contributed by atoms with Crippen LogP contribution in [-0.4, -0.2) is 48.6 Å². The topological polar surface area (TPSA) is 58.6 Å². The predicted octanol–water partition coefficient (Wildman–Crippen LogP) is 1.29. The maximum absolute atomic E-state index is 12.8. The van der Waals surface area contributed by atoms with Gasteiger partial charge in [-0.1, -0.05) is 6.07 Å². The number of fused-ring (bicyclic) bond motifs is 2. The fraction of sp³-hybridized carbons (Fsp3) is 0.556. The molecule has 2 heterocycles. The van der Waals surface area contributed by atoms with Crippen molar-refractivity contribution in [3.05, 3.63) is 34.9 Å². The summed E-state index contributed by atoms with van der Waals surface area (Å²) < 4.78 is 5.55. The van der Waals surface area contributed by atoms with Crippen LogP contribution in [0.5, 0.6) is 0 Å². The Labute approximate surface area is 136 Å². The number of likely N-dealkylation sites (tertiary alicyclic amines) is 1. The molecule has 2 fully saturated rings. The average Bonchev–Trinajstić information content (AvgIpc) is 2.60.